The van der Waals surface area contributed by atoms with Crippen LogP contribution in [0.1, 0.15) is 23.3 Å². The molecule has 0 aromatic carbocycles. The van der Waals surface area contributed by atoms with E-state index in [1.165, 1.54) is 4.90 Å². The molecule has 1 saturated heterocycles. The average molecular weight is 317 g/mol. The number of carbonyl (C=O) groups excluding carboxylic acids is 1. The summed E-state index contributed by atoms with van der Waals surface area (Å²) in [5.74, 6) is 0. The van der Waals surface area contributed by atoms with E-state index in [1.54, 1.807) is 25.0 Å². The first kappa shape index (κ1) is 14.3. The zero-order valence-corrected chi connectivity index (χ0v) is 12.2. The van der Waals surface area contributed by atoms with E-state index < -0.39 is 22.5 Å². The van der Waals surface area contributed by atoms with Gasteiger partial charge in [0.2, 0.25) is 0 Å². The second kappa shape index (κ2) is 4.66. The van der Waals surface area contributed by atoms with Gasteiger partial charge in [-0.05, 0) is 7.05 Å². The van der Waals surface area contributed by atoms with E-state index in [2.05, 4.69) is 14.7 Å². The fourth-order valence-electron chi connectivity index (χ4n) is 2.95. The van der Waals surface area contributed by atoms with Gasteiger partial charge in [0, 0.05) is 19.2 Å². The Bertz CT molecular complexity index is 686. The van der Waals surface area contributed by atoms with Crippen molar-refractivity contribution in [1.29, 1.82) is 0 Å². The summed E-state index contributed by atoms with van der Waals surface area (Å²) in [4.78, 5) is 13.8. The predicted octanol–water partition coefficient (Wildman–Crippen LogP) is -0.793. The van der Waals surface area contributed by atoms with Crippen molar-refractivity contribution in [2.75, 3.05) is 20.1 Å². The summed E-state index contributed by atoms with van der Waals surface area (Å²) in [5.41, 5.74) is 1.53. The summed E-state index contributed by atoms with van der Waals surface area (Å²) in [5, 5.41) is 7.85. The van der Waals surface area contributed by atoms with Gasteiger partial charge < -0.3 is 10.2 Å². The second-order valence-corrected chi connectivity index (χ2v) is 5.97. The minimum Gasteiger partial charge on any atom is -0.317 e. The zero-order valence-electron chi connectivity index (χ0n) is 11.4. The molecule has 11 heteroatoms. The Morgan fingerprint density at radius 1 is 1.57 bits per heavy atom. The van der Waals surface area contributed by atoms with Crippen LogP contribution in [0.5, 0.6) is 0 Å². The van der Waals surface area contributed by atoms with Crippen LogP contribution in [-0.4, -0.2) is 58.9 Å². The van der Waals surface area contributed by atoms with Crippen molar-refractivity contribution < 1.29 is 22.0 Å². The van der Waals surface area contributed by atoms with Crippen molar-refractivity contribution in [3.63, 3.8) is 0 Å². The van der Waals surface area contributed by atoms with Crippen LogP contribution in [0.3, 0.4) is 0 Å². The van der Waals surface area contributed by atoms with Crippen molar-refractivity contribution >= 4 is 16.4 Å². The molecule has 0 spiro atoms. The number of hydrogen-bond acceptors (Lipinski definition) is 6. The Balaban J connectivity index is 2.05. The number of likely N-dealkylation sites (N-methyl/N-ethyl adjacent to an activating group) is 1. The van der Waals surface area contributed by atoms with E-state index >= 15 is 0 Å². The number of nitrogens with one attached hydrogen (secondary N) is 1. The van der Waals surface area contributed by atoms with E-state index in [1.807, 2.05) is 0 Å². The maximum atomic E-state index is 12.3. The first-order chi connectivity index (χ1) is 9.83. The molecule has 2 aliphatic heterocycles. The van der Waals surface area contributed by atoms with Crippen LogP contribution in [0.4, 0.5) is 4.79 Å². The smallest absolute Gasteiger partial charge is 0.317 e. The molecule has 2 atom stereocenters. The summed E-state index contributed by atoms with van der Waals surface area (Å²) >= 11 is 0. The maximum absolute atomic E-state index is 12.3. The van der Waals surface area contributed by atoms with E-state index in [4.69, 9.17) is 4.55 Å². The summed E-state index contributed by atoms with van der Waals surface area (Å²) in [6.45, 7) is 0.768. The number of amides is 2. The van der Waals surface area contributed by atoms with Gasteiger partial charge in [0.15, 0.2) is 0 Å². The summed E-state index contributed by atoms with van der Waals surface area (Å²) in [6.07, 6.45) is 1.58. The number of carbonyl (C=O) groups is 1. The highest BCUT2D eigenvalue weighted by Gasteiger charge is 2.51. The molecule has 3 rings (SSSR count). The molecule has 1 fully saturated rings. The lowest BCUT2D eigenvalue weighted by atomic mass is 9.98. The zero-order chi connectivity index (χ0) is 15.4. The number of fused-ring (bicyclic) bond motifs is 4. The predicted molar refractivity (Wildman–Crippen MR) is 69.2 cm³/mol. The first-order valence-electron chi connectivity index (χ1n) is 6.26. The Hall–Kier alpha value is -1.69. The van der Waals surface area contributed by atoms with Gasteiger partial charge in [-0.15, -0.1) is 4.28 Å². The molecule has 3 heterocycles. The van der Waals surface area contributed by atoms with Crippen LogP contribution in [0.2, 0.25) is 0 Å². The standard InChI is InChI=1S/C10H15N5O5S/c1-11-4-7-9-6(3-12-13(9)2)8-5-14(7)10(16)15(8)20-21(17,18)19/h3,7-8,11H,4-5H2,1-2H3,(H,17,18,19)/t7-,8-/m1/s1. The number of aromatic nitrogens is 2. The number of nitrogens with zero attached hydrogens (tertiary/aromatic N) is 4. The number of rotatable bonds is 4. The molecular formula is C10H15N5O5S. The Labute approximate surface area is 121 Å². The molecule has 116 valence electrons. The second-order valence-electron chi connectivity index (χ2n) is 4.96. The van der Waals surface area contributed by atoms with E-state index in [0.717, 1.165) is 5.69 Å². The summed E-state index contributed by atoms with van der Waals surface area (Å²) in [6, 6.07) is -1.50. The van der Waals surface area contributed by atoms with Gasteiger partial charge in [-0.1, -0.05) is 0 Å². The van der Waals surface area contributed by atoms with Gasteiger partial charge in [0.1, 0.15) is 6.04 Å². The minimum atomic E-state index is -4.77. The number of urea groups is 1. The van der Waals surface area contributed by atoms with Gasteiger partial charge in [0.05, 0.1) is 24.5 Å². The largest absolute Gasteiger partial charge is 0.418 e. The van der Waals surface area contributed by atoms with Crippen molar-refractivity contribution in [3.05, 3.63) is 17.5 Å². The average Bonchev–Trinajstić information content (AvgIpc) is 2.88. The Morgan fingerprint density at radius 2 is 2.29 bits per heavy atom. The summed E-state index contributed by atoms with van der Waals surface area (Å²) < 4.78 is 36.8. The van der Waals surface area contributed by atoms with Crippen molar-refractivity contribution in [2.24, 2.45) is 7.05 Å². The van der Waals surface area contributed by atoms with Crippen LogP contribution in [0.15, 0.2) is 6.20 Å². The lowest BCUT2D eigenvalue weighted by molar-refractivity contribution is -0.0317. The Kier molecular flexibility index (Phi) is 3.16. The SMILES string of the molecule is CNC[C@@H]1c2c(cnn2C)[C@H]2CN1C(=O)N2OS(=O)(=O)O. The number of hydrogen-bond donors (Lipinski definition) is 2. The van der Waals surface area contributed by atoms with E-state index in [-0.39, 0.29) is 12.6 Å². The first-order valence-corrected chi connectivity index (χ1v) is 7.63. The molecule has 2 aliphatic rings. The van der Waals surface area contributed by atoms with Gasteiger partial charge in [-0.3, -0.25) is 9.23 Å². The van der Waals surface area contributed by atoms with Crippen LogP contribution < -0.4 is 5.32 Å². The molecule has 0 aliphatic carbocycles. The van der Waals surface area contributed by atoms with Crippen LogP contribution >= 0.6 is 0 Å². The van der Waals surface area contributed by atoms with Crippen molar-refractivity contribution in [1.82, 2.24) is 25.1 Å². The van der Waals surface area contributed by atoms with Gasteiger partial charge in [-0.2, -0.15) is 18.6 Å². The molecule has 2 bridgehead atoms. The molecule has 0 radical (unpaired) electrons. The van der Waals surface area contributed by atoms with Gasteiger partial charge >= 0.3 is 16.4 Å². The lowest BCUT2D eigenvalue weighted by Gasteiger charge is -2.30. The van der Waals surface area contributed by atoms with Crippen LogP contribution in [-0.2, 0) is 21.7 Å². The molecule has 2 amide bonds. The lowest BCUT2D eigenvalue weighted by Crippen LogP contribution is -2.40. The third-order valence-corrected chi connectivity index (χ3v) is 4.07. The highest BCUT2D eigenvalue weighted by Crippen LogP contribution is 2.43. The number of hydroxylamine groups is 2. The summed E-state index contributed by atoms with van der Waals surface area (Å²) in [7, 11) is -1.25. The number of aryl methyl sites for hydroxylation is 1. The molecule has 2 N–H and O–H groups in total. The highest BCUT2D eigenvalue weighted by atomic mass is 32.3. The monoisotopic (exact) mass is 317 g/mol. The fourth-order valence-corrected chi connectivity index (χ4v) is 3.32. The molecule has 1 aromatic rings. The van der Waals surface area contributed by atoms with E-state index in [0.29, 0.717) is 17.2 Å². The molecule has 0 saturated carbocycles. The fraction of sp³-hybridized carbons (Fsp3) is 0.600. The molecular weight excluding hydrogens is 302 g/mol. The molecule has 21 heavy (non-hydrogen) atoms. The van der Waals surface area contributed by atoms with Crippen molar-refractivity contribution in [2.45, 2.75) is 12.1 Å². The normalized spacial score (nSPS) is 24.6. The van der Waals surface area contributed by atoms with Crippen LogP contribution in [0, 0.1) is 0 Å². The quantitative estimate of drug-likeness (QED) is 0.699. The van der Waals surface area contributed by atoms with Crippen molar-refractivity contribution in [3.8, 4) is 0 Å². The maximum Gasteiger partial charge on any atom is 0.418 e. The van der Waals surface area contributed by atoms with E-state index in [9.17, 15) is 13.2 Å². The highest BCUT2D eigenvalue weighted by molar-refractivity contribution is 7.80. The molecule has 0 unspecified atom stereocenters. The van der Waals surface area contributed by atoms with Crippen LogP contribution in [0.25, 0.3) is 0 Å². The third-order valence-electron chi connectivity index (χ3n) is 3.72. The molecule has 1 aromatic heterocycles. The van der Waals surface area contributed by atoms with Gasteiger partial charge in [0.25, 0.3) is 0 Å². The molecule has 10 nitrogen and oxygen atoms in total. The Morgan fingerprint density at radius 3 is 2.90 bits per heavy atom. The topological polar surface area (TPSA) is 117 Å². The minimum absolute atomic E-state index is 0.277. The van der Waals surface area contributed by atoms with Gasteiger partial charge in [-0.25, -0.2) is 4.79 Å². The third kappa shape index (κ3) is 2.18.